The lowest BCUT2D eigenvalue weighted by atomic mass is 9.89. The predicted molar refractivity (Wildman–Crippen MR) is 156 cm³/mol. The lowest BCUT2D eigenvalue weighted by molar-refractivity contribution is -0.147. The van der Waals surface area contributed by atoms with E-state index in [1.807, 2.05) is 0 Å². The number of hydrogen-bond donors (Lipinski definition) is 2. The second-order valence-electron chi connectivity index (χ2n) is 11.7. The van der Waals surface area contributed by atoms with Crippen LogP contribution in [0.3, 0.4) is 0 Å². The number of aliphatic carboxylic acids is 1. The summed E-state index contributed by atoms with van der Waals surface area (Å²) in [5.74, 6) is -7.21. The maximum absolute atomic E-state index is 15.6. The number of likely N-dealkylation sites (tertiary alicyclic amines) is 2. The molecule has 0 amide bonds. The number of carbonyl (C=O) groups is 2. The monoisotopic (exact) mass is 657 g/mol. The maximum atomic E-state index is 15.6. The number of ether oxygens (including phenoxy) is 1. The quantitative estimate of drug-likeness (QED) is 0.212. The molecule has 238 valence electrons. The molecule has 5 rings (SSSR count). The van der Waals surface area contributed by atoms with Crippen molar-refractivity contribution in [3.05, 3.63) is 62.2 Å². The first-order valence-corrected chi connectivity index (χ1v) is 15.4. The third-order valence-corrected chi connectivity index (χ3v) is 9.53. The van der Waals surface area contributed by atoms with Crippen LogP contribution in [0.5, 0.6) is 0 Å². The summed E-state index contributed by atoms with van der Waals surface area (Å²) in [4.78, 5) is 37.1. The molecule has 2 fully saturated rings. The zero-order valence-electron chi connectivity index (χ0n) is 24.3. The molecular weight excluding hydrogens is 626 g/mol. The average molecular weight is 658 g/mol. The van der Waals surface area contributed by atoms with E-state index >= 15 is 8.78 Å². The van der Waals surface area contributed by atoms with Crippen molar-refractivity contribution in [2.24, 2.45) is 10.4 Å². The van der Waals surface area contributed by atoms with Gasteiger partial charge < -0.3 is 15.2 Å². The van der Waals surface area contributed by atoms with Gasteiger partial charge in [0.1, 0.15) is 6.04 Å². The highest BCUT2D eigenvalue weighted by Crippen LogP contribution is 2.44. The minimum atomic E-state index is -3.12. The number of nitrogens with one attached hydrogen (secondary N) is 1. The molecule has 44 heavy (non-hydrogen) atoms. The van der Waals surface area contributed by atoms with Crippen LogP contribution in [0.25, 0.3) is 0 Å². The normalized spacial score (nSPS) is 23.8. The molecule has 3 unspecified atom stereocenters. The number of nitrogens with zero attached hydrogens (tertiary/aromatic N) is 4. The Morgan fingerprint density at radius 2 is 2.02 bits per heavy atom. The Balaban J connectivity index is 1.52. The number of esters is 1. The highest BCUT2D eigenvalue weighted by Gasteiger charge is 2.59. The first-order chi connectivity index (χ1) is 20.7. The van der Waals surface area contributed by atoms with Crippen molar-refractivity contribution in [1.29, 1.82) is 0 Å². The van der Waals surface area contributed by atoms with Crippen molar-refractivity contribution in [3.8, 4) is 0 Å². The standard InChI is InChI=1S/C29H32ClF4N5O4S/c1-4-43-26(40)19-17(13-39-14-29(33,34)23-18(39)7-10-38(23)11-8-28(2,3)27(41)42)36-24(25-35-9-12-44-25)37-22(19)15-5-6-16(31)21(32)20(15)30/h5-6,9,12,18,22-23H,4,7-8,10-11,13-14H2,1-3H3,(H,36,37)(H,41,42). The lowest BCUT2D eigenvalue weighted by Crippen LogP contribution is -2.46. The number of thiazole rings is 1. The number of amidine groups is 1. The molecule has 4 heterocycles. The number of benzene rings is 1. The van der Waals surface area contributed by atoms with Gasteiger partial charge in [0.15, 0.2) is 22.5 Å². The molecule has 2 aromatic rings. The fourth-order valence-electron chi connectivity index (χ4n) is 6.00. The van der Waals surface area contributed by atoms with Crippen molar-refractivity contribution in [2.75, 3.05) is 32.8 Å². The molecule has 2 saturated heterocycles. The SMILES string of the molecule is CCOC(=O)C1=C(CN2CC(F)(F)C3C2CCN3CCC(C)(C)C(=O)O)NC(c2nccs2)=NC1c1ccc(F)c(F)c1Cl. The fourth-order valence-corrected chi connectivity index (χ4v) is 6.85. The van der Waals surface area contributed by atoms with Crippen LogP contribution in [-0.4, -0.2) is 88.5 Å². The van der Waals surface area contributed by atoms with Crippen molar-refractivity contribution in [3.63, 3.8) is 0 Å². The van der Waals surface area contributed by atoms with Gasteiger partial charge in [-0.25, -0.2) is 27.3 Å². The third-order valence-electron chi connectivity index (χ3n) is 8.37. The van der Waals surface area contributed by atoms with E-state index in [-0.39, 0.29) is 48.8 Å². The predicted octanol–water partition coefficient (Wildman–Crippen LogP) is 4.88. The van der Waals surface area contributed by atoms with E-state index in [1.54, 1.807) is 42.1 Å². The number of carboxylic acids is 1. The molecule has 9 nitrogen and oxygen atoms in total. The lowest BCUT2D eigenvalue weighted by Gasteiger charge is -2.31. The smallest absolute Gasteiger partial charge is 0.338 e. The molecule has 0 bridgehead atoms. The zero-order valence-corrected chi connectivity index (χ0v) is 25.8. The Kier molecular flexibility index (Phi) is 9.09. The second-order valence-corrected chi connectivity index (χ2v) is 12.9. The van der Waals surface area contributed by atoms with Crippen LogP contribution >= 0.6 is 22.9 Å². The molecular formula is C29H32ClF4N5O4S. The highest BCUT2D eigenvalue weighted by atomic mass is 35.5. The molecule has 0 spiro atoms. The van der Waals surface area contributed by atoms with Crippen LogP contribution in [0.2, 0.25) is 5.02 Å². The van der Waals surface area contributed by atoms with Gasteiger partial charge in [-0.1, -0.05) is 17.7 Å². The summed E-state index contributed by atoms with van der Waals surface area (Å²) < 4.78 is 65.2. The van der Waals surface area contributed by atoms with E-state index in [2.05, 4.69) is 15.3 Å². The third kappa shape index (κ3) is 6.09. The summed E-state index contributed by atoms with van der Waals surface area (Å²) in [7, 11) is 0. The minimum absolute atomic E-state index is 0.000564. The van der Waals surface area contributed by atoms with E-state index < -0.39 is 64.6 Å². The summed E-state index contributed by atoms with van der Waals surface area (Å²) in [6.07, 6.45) is 2.14. The molecule has 3 aliphatic rings. The summed E-state index contributed by atoms with van der Waals surface area (Å²) in [5.41, 5.74) is -0.931. The van der Waals surface area contributed by atoms with Crippen LogP contribution in [0.4, 0.5) is 17.6 Å². The number of carboxylic acid groups (broad SMARTS) is 1. The first kappa shape index (κ1) is 32.3. The first-order valence-electron chi connectivity index (χ1n) is 14.1. The number of alkyl halides is 2. The van der Waals surface area contributed by atoms with Gasteiger partial charge in [0.05, 0.1) is 35.2 Å². The van der Waals surface area contributed by atoms with E-state index in [1.165, 1.54) is 17.4 Å². The molecule has 2 N–H and O–H groups in total. The average Bonchev–Trinajstić information content (AvgIpc) is 3.70. The molecule has 0 saturated carbocycles. The Hall–Kier alpha value is -3.07. The highest BCUT2D eigenvalue weighted by molar-refractivity contribution is 7.11. The molecule has 0 radical (unpaired) electrons. The topological polar surface area (TPSA) is 107 Å². The Labute approximate surface area is 260 Å². The van der Waals surface area contributed by atoms with Gasteiger partial charge in [0.25, 0.3) is 5.92 Å². The van der Waals surface area contributed by atoms with Crippen LogP contribution in [0, 0.1) is 17.0 Å². The van der Waals surface area contributed by atoms with Crippen molar-refractivity contribution in [1.82, 2.24) is 20.1 Å². The summed E-state index contributed by atoms with van der Waals surface area (Å²) >= 11 is 7.47. The number of hydrogen-bond acceptors (Lipinski definition) is 9. The number of aromatic nitrogens is 1. The zero-order chi connectivity index (χ0) is 32.0. The van der Waals surface area contributed by atoms with Crippen LogP contribution < -0.4 is 5.32 Å². The van der Waals surface area contributed by atoms with Gasteiger partial charge >= 0.3 is 11.9 Å². The van der Waals surface area contributed by atoms with Gasteiger partial charge in [0.2, 0.25) is 0 Å². The molecule has 1 aromatic heterocycles. The number of aliphatic imine (C=N–C) groups is 1. The number of halogens is 5. The van der Waals surface area contributed by atoms with Gasteiger partial charge in [-0.2, -0.15) is 0 Å². The molecule has 3 aliphatic heterocycles. The maximum Gasteiger partial charge on any atom is 0.338 e. The van der Waals surface area contributed by atoms with Crippen LogP contribution in [0.1, 0.15) is 50.2 Å². The van der Waals surface area contributed by atoms with E-state index in [0.29, 0.717) is 18.0 Å². The molecule has 15 heteroatoms. The van der Waals surface area contributed by atoms with Gasteiger partial charge in [0, 0.05) is 42.0 Å². The van der Waals surface area contributed by atoms with Crippen molar-refractivity contribution >= 4 is 40.7 Å². The fraction of sp³-hybridized carbons (Fsp3) is 0.517. The summed E-state index contributed by atoms with van der Waals surface area (Å²) in [6, 6.07) is -0.883. The van der Waals surface area contributed by atoms with Crippen molar-refractivity contribution in [2.45, 2.75) is 57.7 Å². The molecule has 3 atom stereocenters. The van der Waals surface area contributed by atoms with E-state index in [9.17, 15) is 23.5 Å². The number of rotatable bonds is 10. The summed E-state index contributed by atoms with van der Waals surface area (Å²) in [6.45, 7) is 4.52. The van der Waals surface area contributed by atoms with Crippen molar-refractivity contribution < 1.29 is 37.0 Å². The summed E-state index contributed by atoms with van der Waals surface area (Å²) in [5, 5.41) is 14.1. The molecule has 0 aliphatic carbocycles. The Morgan fingerprint density at radius 1 is 1.27 bits per heavy atom. The Bertz CT molecular complexity index is 1500. The number of carbonyl (C=O) groups excluding carboxylic acids is 1. The minimum Gasteiger partial charge on any atom is -0.481 e. The second kappa shape index (κ2) is 12.4. The Morgan fingerprint density at radius 3 is 2.68 bits per heavy atom. The van der Waals surface area contributed by atoms with Crippen LogP contribution in [-0.2, 0) is 14.3 Å². The van der Waals surface area contributed by atoms with Gasteiger partial charge in [-0.15, -0.1) is 11.3 Å². The van der Waals surface area contributed by atoms with Gasteiger partial charge in [-0.05, 0) is 46.2 Å². The van der Waals surface area contributed by atoms with E-state index in [0.717, 1.165) is 6.07 Å². The van der Waals surface area contributed by atoms with Gasteiger partial charge in [-0.3, -0.25) is 19.6 Å². The number of fused-ring (bicyclic) bond motifs is 1. The van der Waals surface area contributed by atoms with Crippen LogP contribution in [0.15, 0.2) is 40.0 Å². The van der Waals surface area contributed by atoms with E-state index in [4.69, 9.17) is 16.3 Å². The molecule has 1 aromatic carbocycles. The largest absolute Gasteiger partial charge is 0.481 e.